The molecule has 2 aliphatic heterocycles. The van der Waals surface area contributed by atoms with E-state index in [4.69, 9.17) is 9.47 Å². The minimum atomic E-state index is -3.17. The van der Waals surface area contributed by atoms with Crippen LogP contribution < -0.4 is 4.74 Å². The van der Waals surface area contributed by atoms with Crippen molar-refractivity contribution in [1.82, 2.24) is 4.90 Å². The maximum absolute atomic E-state index is 11.7. The summed E-state index contributed by atoms with van der Waals surface area (Å²) in [5.74, 6) is 0.410. The smallest absolute Gasteiger partial charge is 0.213 e. The normalized spacial score (nSPS) is 22.5. The predicted octanol–water partition coefficient (Wildman–Crippen LogP) is 4.07. The van der Waals surface area contributed by atoms with E-state index in [1.807, 2.05) is 18.2 Å². The number of ether oxygens (including phenoxy) is 2. The fraction of sp³-hybridized carbons (Fsp3) is 0.524. The van der Waals surface area contributed by atoms with Gasteiger partial charge in [-0.3, -0.25) is 4.90 Å². The average molecular weight is 420 g/mol. The number of hydrogen-bond donors (Lipinski definition) is 0. The topological polar surface area (TPSA) is 55.8 Å². The summed E-state index contributed by atoms with van der Waals surface area (Å²) >= 11 is 1.30. The van der Waals surface area contributed by atoms with Crippen molar-refractivity contribution in [2.75, 3.05) is 19.3 Å². The number of benzene rings is 1. The summed E-state index contributed by atoms with van der Waals surface area (Å²) in [4.78, 5) is 3.54. The van der Waals surface area contributed by atoms with Gasteiger partial charge < -0.3 is 9.47 Å². The summed E-state index contributed by atoms with van der Waals surface area (Å²) in [6.45, 7) is 2.63. The quantitative estimate of drug-likeness (QED) is 0.751. The second-order valence-corrected chi connectivity index (χ2v) is 11.5. The van der Waals surface area contributed by atoms with E-state index in [-0.39, 0.29) is 0 Å². The van der Waals surface area contributed by atoms with Crippen molar-refractivity contribution in [2.24, 2.45) is 0 Å². The molecule has 0 unspecified atom stereocenters. The monoisotopic (exact) mass is 419 g/mol. The first-order valence-electron chi connectivity index (χ1n) is 9.92. The van der Waals surface area contributed by atoms with Crippen LogP contribution in [0.5, 0.6) is 5.75 Å². The lowest BCUT2D eigenvalue weighted by Crippen LogP contribution is -2.54. The Labute approximate surface area is 170 Å². The van der Waals surface area contributed by atoms with Crippen LogP contribution in [0, 0.1) is 0 Å². The van der Waals surface area contributed by atoms with Crippen LogP contribution >= 0.6 is 11.3 Å². The molecule has 0 N–H and O–H groups in total. The van der Waals surface area contributed by atoms with Crippen LogP contribution in [0.15, 0.2) is 34.5 Å². The van der Waals surface area contributed by atoms with E-state index in [1.165, 1.54) is 36.9 Å². The van der Waals surface area contributed by atoms with E-state index in [0.717, 1.165) is 53.7 Å². The molecule has 1 aliphatic carbocycles. The lowest BCUT2D eigenvalue weighted by molar-refractivity contribution is -0.231. The molecule has 7 heteroatoms. The van der Waals surface area contributed by atoms with Gasteiger partial charge >= 0.3 is 0 Å². The van der Waals surface area contributed by atoms with Crippen molar-refractivity contribution in [3.05, 3.63) is 35.9 Å². The fourth-order valence-electron chi connectivity index (χ4n) is 4.29. The van der Waals surface area contributed by atoms with Gasteiger partial charge in [-0.05, 0) is 48.7 Å². The van der Waals surface area contributed by atoms with E-state index in [2.05, 4.69) is 11.0 Å². The number of likely N-dealkylation sites (tertiary alicyclic amines) is 1. The molecular formula is C21H25NO4S2. The molecule has 5 nitrogen and oxygen atoms in total. The van der Waals surface area contributed by atoms with E-state index in [9.17, 15) is 8.42 Å². The fourth-order valence-corrected chi connectivity index (χ4v) is 6.21. The van der Waals surface area contributed by atoms with Crippen LogP contribution in [0.1, 0.15) is 37.7 Å². The maximum Gasteiger partial charge on any atom is 0.213 e. The van der Waals surface area contributed by atoms with Crippen LogP contribution in [0.3, 0.4) is 0 Å². The van der Waals surface area contributed by atoms with Gasteiger partial charge in [0, 0.05) is 48.7 Å². The van der Waals surface area contributed by atoms with Crippen LogP contribution in [-0.4, -0.2) is 44.5 Å². The van der Waals surface area contributed by atoms with E-state index in [0.29, 0.717) is 10.8 Å². The number of thiophene rings is 1. The summed E-state index contributed by atoms with van der Waals surface area (Å²) in [5, 5.41) is 0. The van der Waals surface area contributed by atoms with Gasteiger partial charge in [-0.2, -0.15) is 0 Å². The number of rotatable bonds is 3. The summed E-state index contributed by atoms with van der Waals surface area (Å²) in [5.41, 5.74) is 2.03. The third-order valence-corrected chi connectivity index (χ3v) is 9.18. The van der Waals surface area contributed by atoms with E-state index in [1.54, 1.807) is 6.07 Å². The zero-order valence-corrected chi connectivity index (χ0v) is 17.7. The van der Waals surface area contributed by atoms with Gasteiger partial charge in [-0.25, -0.2) is 8.42 Å². The van der Waals surface area contributed by atoms with Gasteiger partial charge in [0.2, 0.25) is 5.79 Å². The SMILES string of the molecule is CS(=O)(=O)c1ccc(-c2ccc3c(c2)COC2(CCN(C4CCC4)CC2)O3)s1. The molecule has 3 aliphatic rings. The number of sulfone groups is 1. The molecule has 3 heterocycles. The first kappa shape index (κ1) is 18.6. The van der Waals surface area contributed by atoms with Gasteiger partial charge in [-0.1, -0.05) is 6.42 Å². The molecule has 5 rings (SSSR count). The highest BCUT2D eigenvalue weighted by atomic mass is 32.2. The Kier molecular flexibility index (Phi) is 4.54. The third kappa shape index (κ3) is 3.38. The highest BCUT2D eigenvalue weighted by molar-refractivity contribution is 7.92. The maximum atomic E-state index is 11.7. The molecule has 1 spiro atoms. The van der Waals surface area contributed by atoms with Crippen LogP contribution in [0.4, 0.5) is 0 Å². The Morgan fingerprint density at radius 1 is 1.14 bits per heavy atom. The summed E-state index contributed by atoms with van der Waals surface area (Å²) in [7, 11) is -3.17. The van der Waals surface area contributed by atoms with Crippen molar-refractivity contribution in [3.8, 4) is 16.2 Å². The molecule has 2 fully saturated rings. The largest absolute Gasteiger partial charge is 0.462 e. The highest BCUT2D eigenvalue weighted by Crippen LogP contribution is 2.41. The lowest BCUT2D eigenvalue weighted by atomic mass is 9.89. The van der Waals surface area contributed by atoms with Crippen molar-refractivity contribution in [3.63, 3.8) is 0 Å². The second kappa shape index (κ2) is 6.83. The number of piperidine rings is 1. The summed E-state index contributed by atoms with van der Waals surface area (Å²) < 4.78 is 36.4. The lowest BCUT2D eigenvalue weighted by Gasteiger charge is -2.47. The zero-order valence-electron chi connectivity index (χ0n) is 16.0. The van der Waals surface area contributed by atoms with Gasteiger partial charge in [-0.15, -0.1) is 11.3 Å². The van der Waals surface area contributed by atoms with Crippen LogP contribution in [-0.2, 0) is 21.2 Å². The predicted molar refractivity (Wildman–Crippen MR) is 109 cm³/mol. The molecule has 28 heavy (non-hydrogen) atoms. The molecule has 0 radical (unpaired) electrons. The molecule has 2 aromatic rings. The van der Waals surface area contributed by atoms with Crippen molar-refractivity contribution >= 4 is 21.2 Å². The third-order valence-electron chi connectivity index (χ3n) is 6.23. The zero-order chi connectivity index (χ0) is 19.4. The Hall–Kier alpha value is -1.41. The van der Waals surface area contributed by atoms with E-state index < -0.39 is 15.6 Å². The van der Waals surface area contributed by atoms with E-state index >= 15 is 0 Å². The first-order valence-corrected chi connectivity index (χ1v) is 12.6. The number of nitrogens with zero attached hydrogens (tertiary/aromatic N) is 1. The number of hydrogen-bond acceptors (Lipinski definition) is 6. The van der Waals surface area contributed by atoms with Gasteiger partial charge in [0.05, 0.1) is 6.61 Å². The Morgan fingerprint density at radius 2 is 1.93 bits per heavy atom. The minimum Gasteiger partial charge on any atom is -0.462 e. The van der Waals surface area contributed by atoms with Crippen LogP contribution in [0.2, 0.25) is 0 Å². The minimum absolute atomic E-state index is 0.393. The molecule has 1 saturated heterocycles. The highest BCUT2D eigenvalue weighted by Gasteiger charge is 2.42. The standard InChI is InChI=1S/C21H25NO4S2/c1-28(23,24)20-8-7-19(27-20)15-5-6-18-16(13-15)14-25-21(26-18)9-11-22(12-10-21)17-3-2-4-17/h5-8,13,17H,2-4,9-12,14H2,1H3. The molecule has 0 atom stereocenters. The Morgan fingerprint density at radius 3 is 2.57 bits per heavy atom. The molecule has 150 valence electrons. The van der Waals surface area contributed by atoms with Gasteiger partial charge in [0.25, 0.3) is 0 Å². The second-order valence-electron chi connectivity index (χ2n) is 8.14. The summed E-state index contributed by atoms with van der Waals surface area (Å²) in [6.07, 6.45) is 7.10. The van der Waals surface area contributed by atoms with Gasteiger partial charge in [0.15, 0.2) is 9.84 Å². The average Bonchev–Trinajstić information content (AvgIpc) is 3.13. The van der Waals surface area contributed by atoms with Gasteiger partial charge in [0.1, 0.15) is 9.96 Å². The molecule has 0 amide bonds. The Balaban J connectivity index is 1.32. The molecule has 1 saturated carbocycles. The Bertz CT molecular complexity index is 986. The molecule has 1 aromatic carbocycles. The van der Waals surface area contributed by atoms with Crippen molar-refractivity contribution in [1.29, 1.82) is 0 Å². The van der Waals surface area contributed by atoms with Crippen molar-refractivity contribution < 1.29 is 17.9 Å². The van der Waals surface area contributed by atoms with Crippen LogP contribution in [0.25, 0.3) is 10.4 Å². The molecule has 1 aromatic heterocycles. The number of fused-ring (bicyclic) bond motifs is 1. The van der Waals surface area contributed by atoms with Crippen molar-refractivity contribution in [2.45, 2.75) is 54.7 Å². The molecule has 0 bridgehead atoms. The first-order chi connectivity index (χ1) is 13.4. The molecular weight excluding hydrogens is 394 g/mol. The summed E-state index contributed by atoms with van der Waals surface area (Å²) in [6, 6.07) is 10.4.